The number of aromatic amines is 1. The third-order valence-electron chi connectivity index (χ3n) is 4.61. The highest BCUT2D eigenvalue weighted by atomic mass is 14.9. The molecule has 0 atom stereocenters. The number of fused-ring (bicyclic) bond motifs is 2. The molecule has 0 aliphatic rings. The van der Waals surface area contributed by atoms with Crippen LogP contribution in [0.5, 0.6) is 0 Å². The Labute approximate surface area is 145 Å². The summed E-state index contributed by atoms with van der Waals surface area (Å²) >= 11 is 0. The number of benzene rings is 4. The lowest BCUT2D eigenvalue weighted by molar-refractivity contribution is 1.34. The summed E-state index contributed by atoms with van der Waals surface area (Å²) in [5.41, 5.74) is 5.57. The molecule has 0 saturated heterocycles. The van der Waals surface area contributed by atoms with Gasteiger partial charge in [-0.25, -0.2) is 4.98 Å². The van der Waals surface area contributed by atoms with E-state index in [-0.39, 0.29) is 0 Å². The predicted molar refractivity (Wildman–Crippen MR) is 104 cm³/mol. The van der Waals surface area contributed by atoms with E-state index in [4.69, 9.17) is 4.98 Å². The lowest BCUT2D eigenvalue weighted by Gasteiger charge is -2.01. The molecule has 118 valence electrons. The number of nitrogens with one attached hydrogen (secondary N) is 1. The summed E-state index contributed by atoms with van der Waals surface area (Å²) in [7, 11) is 0. The number of nitrogens with zero attached hydrogens (tertiary/aromatic N) is 1. The van der Waals surface area contributed by atoms with Crippen LogP contribution in [0.2, 0.25) is 0 Å². The minimum Gasteiger partial charge on any atom is -0.338 e. The number of hydrogen-bond acceptors (Lipinski definition) is 1. The first-order valence-electron chi connectivity index (χ1n) is 8.41. The lowest BCUT2D eigenvalue weighted by atomic mass is 10.1. The van der Waals surface area contributed by atoms with E-state index in [1.807, 2.05) is 6.07 Å². The Morgan fingerprint density at radius 3 is 2.20 bits per heavy atom. The Bertz CT molecular complexity index is 1190. The van der Waals surface area contributed by atoms with Crippen molar-refractivity contribution in [3.63, 3.8) is 0 Å². The Balaban J connectivity index is 1.62. The van der Waals surface area contributed by atoms with Crippen LogP contribution in [-0.2, 0) is 0 Å². The molecule has 0 bridgehead atoms. The van der Waals surface area contributed by atoms with Gasteiger partial charge in [0.1, 0.15) is 5.82 Å². The average Bonchev–Trinajstić information content (AvgIpc) is 3.11. The molecule has 0 saturated carbocycles. The maximum atomic E-state index is 4.77. The highest BCUT2D eigenvalue weighted by Gasteiger charge is 2.07. The Kier molecular flexibility index (Phi) is 3.14. The van der Waals surface area contributed by atoms with E-state index >= 15 is 0 Å². The second kappa shape index (κ2) is 5.60. The second-order valence-electron chi connectivity index (χ2n) is 6.25. The van der Waals surface area contributed by atoms with Crippen molar-refractivity contribution in [1.29, 1.82) is 0 Å². The molecule has 2 heteroatoms. The van der Waals surface area contributed by atoms with Crippen molar-refractivity contribution in [3.05, 3.63) is 91.0 Å². The number of rotatable bonds is 2. The van der Waals surface area contributed by atoms with Gasteiger partial charge in [-0.15, -0.1) is 0 Å². The monoisotopic (exact) mass is 320 g/mol. The van der Waals surface area contributed by atoms with Crippen molar-refractivity contribution in [2.24, 2.45) is 0 Å². The summed E-state index contributed by atoms with van der Waals surface area (Å²) in [5, 5.41) is 2.47. The highest BCUT2D eigenvalue weighted by Crippen LogP contribution is 2.27. The maximum Gasteiger partial charge on any atom is 0.138 e. The molecule has 0 unspecified atom stereocenters. The quantitative estimate of drug-likeness (QED) is 0.421. The minimum atomic E-state index is 0.908. The van der Waals surface area contributed by atoms with Crippen molar-refractivity contribution in [1.82, 2.24) is 9.97 Å². The van der Waals surface area contributed by atoms with E-state index in [0.29, 0.717) is 0 Å². The molecule has 0 aliphatic carbocycles. The van der Waals surface area contributed by atoms with Crippen LogP contribution in [0.15, 0.2) is 91.0 Å². The van der Waals surface area contributed by atoms with Crippen LogP contribution in [0, 0.1) is 0 Å². The molecule has 0 radical (unpaired) electrons. The van der Waals surface area contributed by atoms with Crippen LogP contribution in [0.1, 0.15) is 0 Å². The van der Waals surface area contributed by atoms with Crippen molar-refractivity contribution in [2.75, 3.05) is 0 Å². The zero-order chi connectivity index (χ0) is 16.6. The number of hydrogen-bond donors (Lipinski definition) is 1. The molecule has 1 heterocycles. The third kappa shape index (κ3) is 2.48. The Morgan fingerprint density at radius 1 is 0.560 bits per heavy atom. The van der Waals surface area contributed by atoms with Gasteiger partial charge in [-0.2, -0.15) is 0 Å². The molecule has 5 rings (SSSR count). The van der Waals surface area contributed by atoms with Gasteiger partial charge in [0.25, 0.3) is 0 Å². The van der Waals surface area contributed by atoms with Crippen molar-refractivity contribution < 1.29 is 0 Å². The summed E-state index contributed by atoms with van der Waals surface area (Å²) in [6, 6.07) is 31.6. The normalized spacial score (nSPS) is 11.2. The molecule has 0 spiro atoms. The molecular formula is C23H16N2. The van der Waals surface area contributed by atoms with Gasteiger partial charge >= 0.3 is 0 Å². The molecule has 0 amide bonds. The van der Waals surface area contributed by atoms with Crippen LogP contribution < -0.4 is 0 Å². The molecule has 0 fully saturated rings. The molecule has 1 aromatic heterocycles. The lowest BCUT2D eigenvalue weighted by Crippen LogP contribution is -1.80. The zero-order valence-electron chi connectivity index (χ0n) is 13.6. The van der Waals surface area contributed by atoms with Crippen LogP contribution >= 0.6 is 0 Å². The van der Waals surface area contributed by atoms with Crippen molar-refractivity contribution >= 4 is 21.8 Å². The average molecular weight is 320 g/mol. The number of H-pyrrole nitrogens is 1. The largest absolute Gasteiger partial charge is 0.338 e. The van der Waals surface area contributed by atoms with Gasteiger partial charge in [0.2, 0.25) is 0 Å². The van der Waals surface area contributed by atoms with Crippen LogP contribution in [0.4, 0.5) is 0 Å². The summed E-state index contributed by atoms with van der Waals surface area (Å²) in [5.74, 6) is 0.908. The van der Waals surface area contributed by atoms with E-state index in [1.165, 1.54) is 21.9 Å². The van der Waals surface area contributed by atoms with Crippen LogP contribution in [0.3, 0.4) is 0 Å². The first kappa shape index (κ1) is 14.0. The smallest absolute Gasteiger partial charge is 0.138 e. The maximum absolute atomic E-state index is 4.77. The summed E-state index contributed by atoms with van der Waals surface area (Å²) in [6.07, 6.45) is 0. The van der Waals surface area contributed by atoms with Gasteiger partial charge in [0, 0.05) is 5.56 Å². The van der Waals surface area contributed by atoms with Crippen LogP contribution in [0.25, 0.3) is 44.3 Å². The van der Waals surface area contributed by atoms with Gasteiger partial charge in [0.05, 0.1) is 11.0 Å². The molecule has 1 N–H and O–H groups in total. The summed E-state index contributed by atoms with van der Waals surface area (Å²) in [6.45, 7) is 0. The topological polar surface area (TPSA) is 28.7 Å². The highest BCUT2D eigenvalue weighted by molar-refractivity contribution is 5.89. The molecule has 4 aromatic carbocycles. The van der Waals surface area contributed by atoms with E-state index in [2.05, 4.69) is 89.9 Å². The van der Waals surface area contributed by atoms with E-state index in [0.717, 1.165) is 22.4 Å². The van der Waals surface area contributed by atoms with Crippen LogP contribution in [-0.4, -0.2) is 9.97 Å². The summed E-state index contributed by atoms with van der Waals surface area (Å²) < 4.78 is 0. The summed E-state index contributed by atoms with van der Waals surface area (Å²) in [4.78, 5) is 8.24. The Morgan fingerprint density at radius 2 is 1.32 bits per heavy atom. The molecule has 2 nitrogen and oxygen atoms in total. The molecular weight excluding hydrogens is 304 g/mol. The van der Waals surface area contributed by atoms with E-state index in [9.17, 15) is 0 Å². The zero-order valence-corrected chi connectivity index (χ0v) is 13.6. The standard InChI is InChI=1S/C23H16N2/c1-2-6-16(7-3-1)19-12-13-21-22(15-19)25-23(24-21)20-11-10-17-8-4-5-9-18(17)14-20/h1-15H,(H,24,25). The third-order valence-corrected chi connectivity index (χ3v) is 4.61. The molecule has 25 heavy (non-hydrogen) atoms. The number of aromatic nitrogens is 2. The fourth-order valence-corrected chi connectivity index (χ4v) is 3.29. The fourth-order valence-electron chi connectivity index (χ4n) is 3.29. The first-order chi connectivity index (χ1) is 12.4. The second-order valence-corrected chi connectivity index (χ2v) is 6.25. The van der Waals surface area contributed by atoms with Gasteiger partial charge in [-0.3, -0.25) is 0 Å². The van der Waals surface area contributed by atoms with Gasteiger partial charge in [-0.05, 0) is 40.1 Å². The number of imidazole rings is 1. The minimum absolute atomic E-state index is 0.908. The fraction of sp³-hybridized carbons (Fsp3) is 0. The van der Waals surface area contributed by atoms with Gasteiger partial charge < -0.3 is 4.98 Å². The van der Waals surface area contributed by atoms with E-state index < -0.39 is 0 Å². The molecule has 0 aliphatic heterocycles. The first-order valence-corrected chi connectivity index (χ1v) is 8.41. The van der Waals surface area contributed by atoms with E-state index in [1.54, 1.807) is 0 Å². The van der Waals surface area contributed by atoms with Crippen molar-refractivity contribution in [2.45, 2.75) is 0 Å². The van der Waals surface area contributed by atoms with Crippen molar-refractivity contribution in [3.8, 4) is 22.5 Å². The SMILES string of the molecule is c1ccc(-c2ccc3nc(-c4ccc5ccccc5c4)[nH]c3c2)cc1. The predicted octanol–water partition coefficient (Wildman–Crippen LogP) is 6.05. The van der Waals surface area contributed by atoms with Gasteiger partial charge in [-0.1, -0.05) is 72.8 Å². The molecule has 5 aromatic rings. The van der Waals surface area contributed by atoms with Gasteiger partial charge in [0.15, 0.2) is 0 Å². The Hall–Kier alpha value is -3.39.